The van der Waals surface area contributed by atoms with Crippen molar-refractivity contribution in [2.45, 2.75) is 76.9 Å². The third kappa shape index (κ3) is 1.90. The Morgan fingerprint density at radius 2 is 1.87 bits per heavy atom. The zero-order valence-corrected chi connectivity index (χ0v) is 14.5. The topological polar surface area (TPSA) is 40.5 Å². The first-order chi connectivity index (χ1) is 10.8. The molecule has 0 amide bonds. The summed E-state index contributed by atoms with van der Waals surface area (Å²) in [5.74, 6) is 4.65. The van der Waals surface area contributed by atoms with Gasteiger partial charge >= 0.3 is 0 Å². The third-order valence-corrected chi connectivity index (χ3v) is 8.47. The van der Waals surface area contributed by atoms with E-state index in [9.17, 15) is 10.2 Å². The molecule has 0 bridgehead atoms. The number of rotatable bonds is 0. The molecule has 0 unspecified atom stereocenters. The predicted molar refractivity (Wildman–Crippen MR) is 91.5 cm³/mol. The Balaban J connectivity index is 1.69. The van der Waals surface area contributed by atoms with E-state index in [1.165, 1.54) is 12.0 Å². The van der Waals surface area contributed by atoms with Gasteiger partial charge in [0.25, 0.3) is 0 Å². The van der Waals surface area contributed by atoms with Crippen molar-refractivity contribution in [3.05, 3.63) is 11.6 Å². The van der Waals surface area contributed by atoms with Gasteiger partial charge in [-0.25, -0.2) is 0 Å². The lowest BCUT2D eigenvalue weighted by atomic mass is 9.47. The number of allylic oxidation sites excluding steroid dienone is 1. The van der Waals surface area contributed by atoms with E-state index in [-0.39, 0.29) is 16.9 Å². The lowest BCUT2D eigenvalue weighted by molar-refractivity contribution is -0.0969. The molecule has 7 atom stereocenters. The quantitative estimate of drug-likeness (QED) is 0.529. The number of aliphatic hydroxyl groups excluding tert-OH is 1. The molecule has 23 heavy (non-hydrogen) atoms. The summed E-state index contributed by atoms with van der Waals surface area (Å²) in [5.41, 5.74) is 0.751. The van der Waals surface area contributed by atoms with Gasteiger partial charge in [0.05, 0.1) is 6.10 Å². The van der Waals surface area contributed by atoms with Crippen molar-refractivity contribution in [2.75, 3.05) is 0 Å². The van der Waals surface area contributed by atoms with Gasteiger partial charge in [-0.3, -0.25) is 0 Å². The highest BCUT2D eigenvalue weighted by Crippen LogP contribution is 2.66. The van der Waals surface area contributed by atoms with Gasteiger partial charge in [0.2, 0.25) is 0 Å². The molecule has 0 aromatic rings. The van der Waals surface area contributed by atoms with Crippen molar-refractivity contribution < 1.29 is 10.2 Å². The van der Waals surface area contributed by atoms with Crippen LogP contribution >= 0.6 is 0 Å². The molecule has 126 valence electrons. The van der Waals surface area contributed by atoms with E-state index in [2.05, 4.69) is 25.8 Å². The minimum Gasteiger partial charge on any atom is -0.393 e. The van der Waals surface area contributed by atoms with Crippen molar-refractivity contribution in [3.8, 4) is 12.3 Å². The molecule has 2 heteroatoms. The standard InChI is InChI=1S/C21H30O2/c1-4-21(23)12-9-18-16-6-5-14-13-15(22)7-10-19(14,2)17(16)8-11-20(18,21)3/h1,5,15-18,22-23H,6-13H2,2-3H3/t15-,16+,17-,18-,19-,20-,21+/m0/s1. The first-order valence-corrected chi connectivity index (χ1v) is 9.42. The van der Waals surface area contributed by atoms with Gasteiger partial charge in [-0.05, 0) is 74.5 Å². The summed E-state index contributed by atoms with van der Waals surface area (Å²) in [6, 6.07) is 0. The normalized spacial score (nSPS) is 55.2. The van der Waals surface area contributed by atoms with Crippen LogP contribution in [0.1, 0.15) is 65.2 Å². The van der Waals surface area contributed by atoms with Crippen LogP contribution < -0.4 is 0 Å². The van der Waals surface area contributed by atoms with Gasteiger partial charge in [-0.1, -0.05) is 31.4 Å². The van der Waals surface area contributed by atoms with Crippen molar-refractivity contribution in [3.63, 3.8) is 0 Å². The maximum Gasteiger partial charge on any atom is 0.130 e. The highest BCUT2D eigenvalue weighted by atomic mass is 16.3. The number of fused-ring (bicyclic) bond motifs is 5. The summed E-state index contributed by atoms with van der Waals surface area (Å²) >= 11 is 0. The fourth-order valence-electron chi connectivity index (χ4n) is 6.89. The summed E-state index contributed by atoms with van der Waals surface area (Å²) in [6.07, 6.45) is 16.1. The Morgan fingerprint density at radius 3 is 2.61 bits per heavy atom. The first kappa shape index (κ1) is 15.7. The number of hydrogen-bond acceptors (Lipinski definition) is 2. The van der Waals surface area contributed by atoms with Crippen LogP contribution in [0.3, 0.4) is 0 Å². The third-order valence-electron chi connectivity index (χ3n) is 8.47. The second-order valence-electron chi connectivity index (χ2n) is 9.16. The first-order valence-electron chi connectivity index (χ1n) is 9.42. The minimum absolute atomic E-state index is 0.112. The largest absolute Gasteiger partial charge is 0.393 e. The molecule has 2 nitrogen and oxygen atoms in total. The fourth-order valence-corrected chi connectivity index (χ4v) is 6.89. The number of aliphatic hydroxyl groups is 2. The summed E-state index contributed by atoms with van der Waals surface area (Å²) < 4.78 is 0. The van der Waals surface area contributed by atoms with Crippen LogP contribution in [0, 0.1) is 40.9 Å². The predicted octanol–water partition coefficient (Wildman–Crippen LogP) is 3.67. The lowest BCUT2D eigenvalue weighted by Gasteiger charge is -2.58. The summed E-state index contributed by atoms with van der Waals surface area (Å²) in [7, 11) is 0. The molecule has 0 heterocycles. The van der Waals surface area contributed by atoms with Crippen LogP contribution in [0.2, 0.25) is 0 Å². The van der Waals surface area contributed by atoms with E-state index in [1.54, 1.807) is 0 Å². The minimum atomic E-state index is -0.906. The van der Waals surface area contributed by atoms with Gasteiger partial charge in [0, 0.05) is 5.41 Å². The molecular weight excluding hydrogens is 284 g/mol. The smallest absolute Gasteiger partial charge is 0.130 e. The average Bonchev–Trinajstić information content (AvgIpc) is 2.80. The molecule has 3 saturated carbocycles. The van der Waals surface area contributed by atoms with Crippen LogP contribution in [-0.4, -0.2) is 21.9 Å². The summed E-state index contributed by atoms with van der Waals surface area (Å²) in [4.78, 5) is 0. The van der Waals surface area contributed by atoms with Crippen molar-refractivity contribution in [1.29, 1.82) is 0 Å². The lowest BCUT2D eigenvalue weighted by Crippen LogP contribution is -2.54. The monoisotopic (exact) mass is 314 g/mol. The highest BCUT2D eigenvalue weighted by molar-refractivity contribution is 5.28. The van der Waals surface area contributed by atoms with E-state index >= 15 is 0 Å². The Hall–Kier alpha value is -0.780. The Labute approximate surface area is 140 Å². The SMILES string of the molecule is C#C[C@@]1(O)CC[C@H]2[C@@H]3CC=C4C[C@@H](O)CC[C@]4(C)[C@H]3CC[C@@]21C. The van der Waals surface area contributed by atoms with Crippen LogP contribution in [0.15, 0.2) is 11.6 Å². The van der Waals surface area contributed by atoms with E-state index in [0.29, 0.717) is 17.8 Å². The second kappa shape index (κ2) is 4.87. The molecule has 4 rings (SSSR count). The molecule has 2 N–H and O–H groups in total. The molecule has 0 aromatic heterocycles. The molecule has 4 aliphatic rings. The van der Waals surface area contributed by atoms with Gasteiger partial charge in [-0.2, -0.15) is 0 Å². The molecular formula is C21H30O2. The van der Waals surface area contributed by atoms with Gasteiger partial charge in [0.15, 0.2) is 0 Å². The Kier molecular flexibility index (Phi) is 3.33. The molecule has 0 aromatic carbocycles. The molecule has 0 radical (unpaired) electrons. The second-order valence-corrected chi connectivity index (χ2v) is 9.16. The number of hydrogen-bond donors (Lipinski definition) is 2. The zero-order chi connectivity index (χ0) is 16.5. The molecule has 0 spiro atoms. The molecule has 3 fully saturated rings. The van der Waals surface area contributed by atoms with E-state index in [1.807, 2.05) is 0 Å². The fraction of sp³-hybridized carbons (Fsp3) is 0.810. The van der Waals surface area contributed by atoms with Gasteiger partial charge in [0.1, 0.15) is 5.60 Å². The number of terminal acetylenes is 1. The van der Waals surface area contributed by atoms with E-state index in [0.717, 1.165) is 44.9 Å². The van der Waals surface area contributed by atoms with Crippen LogP contribution in [0.25, 0.3) is 0 Å². The van der Waals surface area contributed by atoms with Gasteiger partial charge < -0.3 is 10.2 Å². The maximum absolute atomic E-state index is 11.0. The van der Waals surface area contributed by atoms with E-state index < -0.39 is 5.60 Å². The van der Waals surface area contributed by atoms with Crippen molar-refractivity contribution in [1.82, 2.24) is 0 Å². The van der Waals surface area contributed by atoms with Gasteiger partial charge in [-0.15, -0.1) is 6.42 Å². The van der Waals surface area contributed by atoms with Crippen molar-refractivity contribution >= 4 is 0 Å². The Morgan fingerprint density at radius 1 is 1.13 bits per heavy atom. The average molecular weight is 314 g/mol. The van der Waals surface area contributed by atoms with Crippen LogP contribution in [-0.2, 0) is 0 Å². The highest BCUT2D eigenvalue weighted by Gasteiger charge is 2.63. The molecule has 0 saturated heterocycles. The molecule has 0 aliphatic heterocycles. The summed E-state index contributed by atoms with van der Waals surface area (Å²) in [5, 5.41) is 21.0. The van der Waals surface area contributed by atoms with Crippen molar-refractivity contribution in [2.24, 2.45) is 28.6 Å². The zero-order valence-electron chi connectivity index (χ0n) is 14.5. The maximum atomic E-state index is 11.0. The molecule has 4 aliphatic carbocycles. The van der Waals surface area contributed by atoms with E-state index in [4.69, 9.17) is 6.42 Å². The van der Waals surface area contributed by atoms with Crippen LogP contribution in [0.5, 0.6) is 0 Å². The van der Waals surface area contributed by atoms with Crippen LogP contribution in [0.4, 0.5) is 0 Å². The summed E-state index contributed by atoms with van der Waals surface area (Å²) in [6.45, 7) is 4.68. The Bertz CT molecular complexity index is 587.